The summed E-state index contributed by atoms with van der Waals surface area (Å²) in [6, 6.07) is 8.50. The molecular formula is C16H8N6O6S2. The summed E-state index contributed by atoms with van der Waals surface area (Å²) in [6.45, 7) is 0. The van der Waals surface area contributed by atoms with Gasteiger partial charge in [0.25, 0.3) is 11.6 Å². The molecule has 150 valence electrons. The first-order valence-electron chi connectivity index (χ1n) is 8.01. The van der Waals surface area contributed by atoms with E-state index in [0.717, 1.165) is 23.1 Å². The number of amidine groups is 1. The number of hydrogen-bond donors (Lipinski definition) is 1. The Morgan fingerprint density at radius 3 is 2.70 bits per heavy atom. The van der Waals surface area contributed by atoms with Gasteiger partial charge in [0.2, 0.25) is 5.13 Å². The number of carbonyl (C=O) groups excluding carboxylic acids is 1. The van der Waals surface area contributed by atoms with E-state index in [2.05, 4.69) is 20.5 Å². The van der Waals surface area contributed by atoms with Gasteiger partial charge in [-0.1, -0.05) is 23.5 Å². The molecule has 1 N–H and O–H groups in total. The summed E-state index contributed by atoms with van der Waals surface area (Å²) < 4.78 is 5.07. The number of nitrogens with one attached hydrogen (secondary N) is 1. The van der Waals surface area contributed by atoms with Gasteiger partial charge in [-0.2, -0.15) is 4.99 Å². The average molecular weight is 444 g/mol. The third-order valence-electron chi connectivity index (χ3n) is 3.62. The number of non-ortho nitro benzene ring substituents is 1. The minimum atomic E-state index is -0.661. The second kappa shape index (κ2) is 7.84. The van der Waals surface area contributed by atoms with Gasteiger partial charge in [-0.25, -0.2) is 0 Å². The maximum atomic E-state index is 12.2. The first-order valence-corrected chi connectivity index (χ1v) is 9.64. The predicted octanol–water partition coefficient (Wildman–Crippen LogP) is 3.51. The second-order valence-corrected chi connectivity index (χ2v) is 7.61. The zero-order chi connectivity index (χ0) is 21.3. The van der Waals surface area contributed by atoms with Crippen molar-refractivity contribution >= 4 is 57.0 Å². The Balaban J connectivity index is 1.53. The van der Waals surface area contributed by atoms with Gasteiger partial charge >= 0.3 is 5.88 Å². The van der Waals surface area contributed by atoms with E-state index >= 15 is 0 Å². The molecule has 0 radical (unpaired) electrons. The molecule has 0 unspecified atom stereocenters. The van der Waals surface area contributed by atoms with Crippen LogP contribution in [0.5, 0.6) is 0 Å². The summed E-state index contributed by atoms with van der Waals surface area (Å²) in [7, 11) is 0. The fourth-order valence-electron chi connectivity index (χ4n) is 2.35. The van der Waals surface area contributed by atoms with Gasteiger partial charge in [0, 0.05) is 12.1 Å². The number of amides is 1. The van der Waals surface area contributed by atoms with E-state index in [4.69, 9.17) is 4.42 Å². The van der Waals surface area contributed by atoms with Crippen molar-refractivity contribution in [1.29, 1.82) is 0 Å². The topological polar surface area (TPSA) is 167 Å². The number of aliphatic imine (C=N–C) groups is 1. The second-order valence-electron chi connectivity index (χ2n) is 5.62. The molecule has 30 heavy (non-hydrogen) atoms. The van der Waals surface area contributed by atoms with Crippen LogP contribution in [0.2, 0.25) is 0 Å². The summed E-state index contributed by atoms with van der Waals surface area (Å²) >= 11 is 2.07. The van der Waals surface area contributed by atoms with Gasteiger partial charge in [-0.05, 0) is 29.5 Å². The highest BCUT2D eigenvalue weighted by atomic mass is 32.2. The van der Waals surface area contributed by atoms with Gasteiger partial charge in [0.05, 0.1) is 15.9 Å². The van der Waals surface area contributed by atoms with Crippen LogP contribution in [0.1, 0.15) is 5.56 Å². The quantitative estimate of drug-likeness (QED) is 0.352. The maximum absolute atomic E-state index is 12.2. The molecule has 2 aromatic heterocycles. The molecule has 1 aromatic carbocycles. The predicted molar refractivity (Wildman–Crippen MR) is 108 cm³/mol. The normalized spacial score (nSPS) is 16.2. The molecule has 0 aliphatic carbocycles. The van der Waals surface area contributed by atoms with Crippen molar-refractivity contribution < 1.29 is 19.1 Å². The lowest BCUT2D eigenvalue weighted by atomic mass is 10.2. The fraction of sp³-hybridized carbons (Fsp3) is 0. The fourth-order valence-corrected chi connectivity index (χ4v) is 3.91. The largest absolute Gasteiger partial charge is 0.433 e. The molecule has 12 nitrogen and oxygen atoms in total. The number of hydrogen-bond acceptors (Lipinski definition) is 11. The van der Waals surface area contributed by atoms with Crippen molar-refractivity contribution in [3.63, 3.8) is 0 Å². The van der Waals surface area contributed by atoms with Gasteiger partial charge in [0.15, 0.2) is 15.9 Å². The lowest BCUT2D eigenvalue weighted by Gasteiger charge is -1.95. The Morgan fingerprint density at radius 2 is 1.97 bits per heavy atom. The Morgan fingerprint density at radius 1 is 1.13 bits per heavy atom. The molecule has 1 fully saturated rings. The van der Waals surface area contributed by atoms with Crippen LogP contribution in [0.3, 0.4) is 0 Å². The highest BCUT2D eigenvalue weighted by Crippen LogP contribution is 2.33. The summed E-state index contributed by atoms with van der Waals surface area (Å²) in [6.07, 6.45) is 1.52. The standard InChI is InChI=1S/C16H8N6O6S2/c23-13-11(7-8-2-1-3-9(6-8)21(24)25)29-15(17-13)18-16-20-19-14(30-16)10-4-5-12(28-10)22(26)27/h1-7H,(H,17,18,20,23). The molecular weight excluding hydrogens is 436 g/mol. The van der Waals surface area contributed by atoms with Gasteiger partial charge in [-0.15, -0.1) is 10.2 Å². The Kier molecular flexibility index (Phi) is 5.07. The summed E-state index contributed by atoms with van der Waals surface area (Å²) in [5.41, 5.74) is 0.418. The van der Waals surface area contributed by atoms with Crippen molar-refractivity contribution in [2.45, 2.75) is 0 Å². The zero-order valence-corrected chi connectivity index (χ0v) is 16.2. The summed E-state index contributed by atoms with van der Waals surface area (Å²) in [4.78, 5) is 37.1. The molecule has 0 spiro atoms. The molecule has 1 aliphatic rings. The lowest BCUT2D eigenvalue weighted by Crippen LogP contribution is -2.19. The van der Waals surface area contributed by atoms with Crippen LogP contribution in [0.15, 0.2) is 50.7 Å². The van der Waals surface area contributed by atoms with Crippen molar-refractivity contribution in [2.24, 2.45) is 4.99 Å². The lowest BCUT2D eigenvalue weighted by molar-refractivity contribution is -0.401. The number of nitro benzene ring substituents is 1. The highest BCUT2D eigenvalue weighted by Gasteiger charge is 2.25. The first-order chi connectivity index (χ1) is 14.4. The SMILES string of the molecule is O=C1NC(=Nc2nnc(-c3ccc([N+](=O)[O-])o3)s2)SC1=Cc1cccc([N+](=O)[O-])c1. The molecule has 0 bridgehead atoms. The first kappa shape index (κ1) is 19.4. The number of rotatable bonds is 5. The number of carbonyl (C=O) groups is 1. The van der Waals surface area contributed by atoms with Crippen molar-refractivity contribution in [3.8, 4) is 10.8 Å². The number of aromatic nitrogens is 2. The molecule has 14 heteroatoms. The Labute approximate surface area is 174 Å². The van der Waals surface area contributed by atoms with E-state index in [1.165, 1.54) is 36.4 Å². The van der Waals surface area contributed by atoms with Crippen LogP contribution in [0.4, 0.5) is 16.7 Å². The smallest absolute Gasteiger partial charge is 0.398 e. The third kappa shape index (κ3) is 4.08. The van der Waals surface area contributed by atoms with Crippen LogP contribution in [-0.2, 0) is 4.79 Å². The van der Waals surface area contributed by atoms with Crippen LogP contribution < -0.4 is 5.32 Å². The Bertz CT molecular complexity index is 1250. The average Bonchev–Trinajstić information content (AvgIpc) is 3.43. The molecule has 3 aromatic rings. The van der Waals surface area contributed by atoms with E-state index in [-0.39, 0.29) is 21.7 Å². The minimum absolute atomic E-state index is 0.0822. The third-order valence-corrected chi connectivity index (χ3v) is 5.37. The number of benzene rings is 1. The van der Waals surface area contributed by atoms with Crippen LogP contribution in [-0.4, -0.2) is 31.1 Å². The number of nitro groups is 2. The number of furan rings is 1. The number of nitrogens with zero attached hydrogens (tertiary/aromatic N) is 5. The molecule has 0 atom stereocenters. The van der Waals surface area contributed by atoms with Crippen molar-refractivity contribution in [1.82, 2.24) is 15.5 Å². The van der Waals surface area contributed by atoms with Gasteiger partial charge in [-0.3, -0.25) is 25.0 Å². The van der Waals surface area contributed by atoms with Gasteiger partial charge in [0.1, 0.15) is 4.92 Å². The van der Waals surface area contributed by atoms with E-state index in [0.29, 0.717) is 15.5 Å². The van der Waals surface area contributed by atoms with Crippen molar-refractivity contribution in [3.05, 3.63) is 67.1 Å². The van der Waals surface area contributed by atoms with Crippen LogP contribution >= 0.6 is 23.1 Å². The van der Waals surface area contributed by atoms with E-state index < -0.39 is 21.6 Å². The van der Waals surface area contributed by atoms with Crippen LogP contribution in [0.25, 0.3) is 16.8 Å². The van der Waals surface area contributed by atoms with E-state index in [1.54, 1.807) is 6.07 Å². The molecule has 0 saturated carbocycles. The molecule has 1 saturated heterocycles. The Hall–Kier alpha value is -3.91. The minimum Gasteiger partial charge on any atom is -0.398 e. The zero-order valence-electron chi connectivity index (χ0n) is 14.5. The molecule has 1 aliphatic heterocycles. The van der Waals surface area contributed by atoms with Crippen LogP contribution in [0, 0.1) is 20.2 Å². The van der Waals surface area contributed by atoms with E-state index in [9.17, 15) is 25.0 Å². The summed E-state index contributed by atoms with van der Waals surface area (Å²) in [5.74, 6) is -0.640. The highest BCUT2D eigenvalue weighted by molar-refractivity contribution is 8.18. The van der Waals surface area contributed by atoms with Crippen molar-refractivity contribution in [2.75, 3.05) is 0 Å². The van der Waals surface area contributed by atoms with E-state index in [1.807, 2.05) is 0 Å². The molecule has 1 amide bonds. The maximum Gasteiger partial charge on any atom is 0.433 e. The summed E-state index contributed by atoms with van der Waals surface area (Å²) in [5, 5.41) is 32.7. The van der Waals surface area contributed by atoms with Gasteiger partial charge < -0.3 is 9.73 Å². The molecule has 3 heterocycles. The monoisotopic (exact) mass is 444 g/mol. The molecule has 4 rings (SSSR count). The number of thioether (sulfide) groups is 1.